The second kappa shape index (κ2) is 7.79. The van der Waals surface area contributed by atoms with Crippen LogP contribution in [-0.2, 0) is 0 Å². The summed E-state index contributed by atoms with van der Waals surface area (Å²) in [4.78, 5) is 13.4. The van der Waals surface area contributed by atoms with E-state index in [2.05, 4.69) is 20.3 Å². The molecule has 2 aromatic heterocycles. The number of benzene rings is 2. The Morgan fingerprint density at radius 3 is 2.38 bits per heavy atom. The van der Waals surface area contributed by atoms with Crippen LogP contribution in [0.1, 0.15) is 6.92 Å². The van der Waals surface area contributed by atoms with Gasteiger partial charge in [-0.2, -0.15) is 0 Å². The number of hydrogen-bond donors (Lipinski definition) is 1. The number of nitrogens with zero attached hydrogens (tertiary/aromatic N) is 3. The van der Waals surface area contributed by atoms with Crippen LogP contribution < -0.4 is 10.1 Å². The monoisotopic (exact) mass is 392 g/mol. The average molecular weight is 392 g/mol. The molecule has 0 aliphatic carbocycles. The molecule has 0 amide bonds. The molecule has 146 valence electrons. The first-order chi connectivity index (χ1) is 14.1. The predicted octanol–water partition coefficient (Wildman–Crippen LogP) is 5.08. The number of ether oxygens (including phenoxy) is 1. The van der Waals surface area contributed by atoms with E-state index in [0.29, 0.717) is 46.0 Å². The van der Waals surface area contributed by atoms with E-state index in [-0.39, 0.29) is 0 Å². The molecule has 0 fully saturated rings. The summed E-state index contributed by atoms with van der Waals surface area (Å²) in [5, 5.41) is 3.93. The summed E-state index contributed by atoms with van der Waals surface area (Å²) >= 11 is 0. The van der Waals surface area contributed by atoms with E-state index < -0.39 is 11.6 Å². The van der Waals surface area contributed by atoms with Crippen LogP contribution in [0.2, 0.25) is 0 Å². The number of methoxy groups -OCH3 is 1. The molecule has 0 unspecified atom stereocenters. The lowest BCUT2D eigenvalue weighted by Crippen LogP contribution is -2.04. The van der Waals surface area contributed by atoms with Crippen LogP contribution in [0, 0.1) is 11.6 Å². The van der Waals surface area contributed by atoms with Crippen LogP contribution in [0.5, 0.6) is 5.75 Å². The number of anilines is 1. The van der Waals surface area contributed by atoms with Gasteiger partial charge in [-0.3, -0.25) is 4.98 Å². The van der Waals surface area contributed by atoms with Crippen molar-refractivity contribution in [2.75, 3.05) is 19.0 Å². The molecule has 0 aliphatic heterocycles. The summed E-state index contributed by atoms with van der Waals surface area (Å²) in [6.07, 6.45) is 3.37. The third-order valence-corrected chi connectivity index (χ3v) is 4.45. The zero-order valence-electron chi connectivity index (χ0n) is 15.9. The van der Waals surface area contributed by atoms with Crippen LogP contribution in [0.4, 0.5) is 14.6 Å². The Morgan fingerprint density at radius 1 is 0.966 bits per heavy atom. The topological polar surface area (TPSA) is 59.9 Å². The van der Waals surface area contributed by atoms with Crippen LogP contribution in [0.15, 0.2) is 54.9 Å². The van der Waals surface area contributed by atoms with E-state index in [1.165, 1.54) is 19.2 Å². The fourth-order valence-corrected chi connectivity index (χ4v) is 3.17. The molecule has 4 aromatic rings. The van der Waals surface area contributed by atoms with Gasteiger partial charge in [-0.15, -0.1) is 0 Å². The van der Waals surface area contributed by atoms with Crippen molar-refractivity contribution in [2.45, 2.75) is 6.92 Å². The summed E-state index contributed by atoms with van der Waals surface area (Å²) in [5.74, 6) is 0.301. The standard InChI is InChI=1S/C22H18F2N4O/c1-3-26-22-18-9-15(14-7-16(23)11-17(24)8-14)10-19(29-2)20(18)27-21(28-22)13-5-4-6-25-12-13/h4-12H,3H2,1-2H3,(H,26,27,28). The minimum absolute atomic E-state index is 0.404. The van der Waals surface area contributed by atoms with Crippen LogP contribution >= 0.6 is 0 Å². The second-order valence-corrected chi connectivity index (χ2v) is 6.40. The lowest BCUT2D eigenvalue weighted by molar-refractivity contribution is 0.419. The van der Waals surface area contributed by atoms with Gasteiger partial charge in [0, 0.05) is 36.0 Å². The molecule has 2 heterocycles. The van der Waals surface area contributed by atoms with Crippen LogP contribution in [-0.4, -0.2) is 28.6 Å². The first kappa shape index (κ1) is 18.7. The van der Waals surface area contributed by atoms with E-state index in [0.717, 1.165) is 11.6 Å². The fourth-order valence-electron chi connectivity index (χ4n) is 3.17. The highest BCUT2D eigenvalue weighted by Crippen LogP contribution is 2.36. The van der Waals surface area contributed by atoms with E-state index >= 15 is 0 Å². The lowest BCUT2D eigenvalue weighted by Gasteiger charge is -2.14. The van der Waals surface area contributed by atoms with Crippen molar-refractivity contribution in [3.8, 4) is 28.3 Å². The largest absolute Gasteiger partial charge is 0.494 e. The Bertz CT molecular complexity index is 1160. The summed E-state index contributed by atoms with van der Waals surface area (Å²) in [7, 11) is 1.53. The Labute approximate surface area is 166 Å². The quantitative estimate of drug-likeness (QED) is 0.513. The SMILES string of the molecule is CCNc1nc(-c2cccnc2)nc2c(OC)cc(-c3cc(F)cc(F)c3)cc12. The Balaban J connectivity index is 1.98. The molecule has 29 heavy (non-hydrogen) atoms. The molecule has 0 atom stereocenters. The maximum absolute atomic E-state index is 13.7. The highest BCUT2D eigenvalue weighted by Gasteiger charge is 2.16. The summed E-state index contributed by atoms with van der Waals surface area (Å²) < 4.78 is 33.0. The molecule has 0 bridgehead atoms. The van der Waals surface area contributed by atoms with Gasteiger partial charge >= 0.3 is 0 Å². The number of aromatic nitrogens is 3. The molecule has 0 saturated heterocycles. The minimum atomic E-state index is -0.644. The lowest BCUT2D eigenvalue weighted by atomic mass is 10.0. The molecule has 5 nitrogen and oxygen atoms in total. The Hall–Kier alpha value is -3.61. The van der Waals surface area contributed by atoms with Gasteiger partial charge in [0.1, 0.15) is 28.7 Å². The van der Waals surface area contributed by atoms with Crippen LogP contribution in [0.3, 0.4) is 0 Å². The highest BCUT2D eigenvalue weighted by atomic mass is 19.1. The molecule has 2 aromatic carbocycles. The summed E-state index contributed by atoms with van der Waals surface area (Å²) in [5.41, 5.74) is 2.37. The Morgan fingerprint density at radius 2 is 1.72 bits per heavy atom. The van der Waals surface area contributed by atoms with E-state index in [1.54, 1.807) is 24.5 Å². The van der Waals surface area contributed by atoms with E-state index in [1.807, 2.05) is 19.1 Å². The zero-order chi connectivity index (χ0) is 20.4. The first-order valence-corrected chi connectivity index (χ1v) is 9.09. The van der Waals surface area contributed by atoms with Crippen molar-refractivity contribution in [2.24, 2.45) is 0 Å². The van der Waals surface area contributed by atoms with Gasteiger partial charge in [-0.1, -0.05) is 0 Å². The van der Waals surface area contributed by atoms with Crippen LogP contribution in [0.25, 0.3) is 33.4 Å². The molecular formula is C22H18F2N4O. The average Bonchev–Trinajstić information content (AvgIpc) is 2.73. The number of fused-ring (bicyclic) bond motifs is 1. The highest BCUT2D eigenvalue weighted by molar-refractivity contribution is 5.97. The molecule has 0 radical (unpaired) electrons. The number of rotatable bonds is 5. The molecule has 4 rings (SSSR count). The third-order valence-electron chi connectivity index (χ3n) is 4.45. The van der Waals surface area contributed by atoms with Gasteiger partial charge in [0.2, 0.25) is 0 Å². The van der Waals surface area contributed by atoms with E-state index in [4.69, 9.17) is 4.74 Å². The van der Waals surface area contributed by atoms with Crippen molar-refractivity contribution < 1.29 is 13.5 Å². The minimum Gasteiger partial charge on any atom is -0.494 e. The van der Waals surface area contributed by atoms with Crippen molar-refractivity contribution in [3.05, 3.63) is 66.5 Å². The third kappa shape index (κ3) is 3.71. The Kier molecular flexibility index (Phi) is 5.03. The smallest absolute Gasteiger partial charge is 0.163 e. The first-order valence-electron chi connectivity index (χ1n) is 9.09. The van der Waals surface area contributed by atoms with Gasteiger partial charge in [0.15, 0.2) is 5.82 Å². The maximum atomic E-state index is 13.7. The van der Waals surface area contributed by atoms with Crippen molar-refractivity contribution in [1.82, 2.24) is 15.0 Å². The molecule has 0 spiro atoms. The number of pyridine rings is 1. The predicted molar refractivity (Wildman–Crippen MR) is 109 cm³/mol. The molecule has 0 aliphatic rings. The second-order valence-electron chi connectivity index (χ2n) is 6.40. The van der Waals surface area contributed by atoms with Gasteiger partial charge in [-0.25, -0.2) is 18.7 Å². The maximum Gasteiger partial charge on any atom is 0.163 e. The van der Waals surface area contributed by atoms with Gasteiger partial charge in [0.25, 0.3) is 0 Å². The molecular weight excluding hydrogens is 374 g/mol. The van der Waals surface area contributed by atoms with Gasteiger partial charge < -0.3 is 10.1 Å². The van der Waals surface area contributed by atoms with Crippen molar-refractivity contribution in [1.29, 1.82) is 0 Å². The van der Waals surface area contributed by atoms with Gasteiger partial charge in [-0.05, 0) is 54.4 Å². The summed E-state index contributed by atoms with van der Waals surface area (Å²) in [6.45, 7) is 2.60. The molecule has 0 saturated carbocycles. The number of halogens is 2. The number of nitrogens with one attached hydrogen (secondary N) is 1. The zero-order valence-corrected chi connectivity index (χ0v) is 15.9. The fraction of sp³-hybridized carbons (Fsp3) is 0.136. The summed E-state index contributed by atoms with van der Waals surface area (Å²) in [6, 6.07) is 10.6. The number of hydrogen-bond acceptors (Lipinski definition) is 5. The van der Waals surface area contributed by atoms with Crippen molar-refractivity contribution in [3.63, 3.8) is 0 Å². The molecule has 1 N–H and O–H groups in total. The molecule has 7 heteroatoms. The van der Waals surface area contributed by atoms with Gasteiger partial charge in [0.05, 0.1) is 7.11 Å². The van der Waals surface area contributed by atoms with Crippen molar-refractivity contribution >= 4 is 16.7 Å². The van der Waals surface area contributed by atoms with E-state index in [9.17, 15) is 8.78 Å². The normalized spacial score (nSPS) is 10.9.